The lowest BCUT2D eigenvalue weighted by atomic mass is 10.1. The van der Waals surface area contributed by atoms with E-state index in [-0.39, 0.29) is 0 Å². The molecule has 0 atom stereocenters. The van der Waals surface area contributed by atoms with Gasteiger partial charge in [-0.1, -0.05) is 18.2 Å². The van der Waals surface area contributed by atoms with E-state index in [1.165, 1.54) is 32.2 Å². The van der Waals surface area contributed by atoms with Crippen LogP contribution in [0.2, 0.25) is 0 Å². The van der Waals surface area contributed by atoms with Crippen LogP contribution in [0.3, 0.4) is 0 Å². The molecule has 0 N–H and O–H groups in total. The highest BCUT2D eigenvalue weighted by Crippen LogP contribution is 2.45. The molecule has 2 nitrogen and oxygen atoms in total. The van der Waals surface area contributed by atoms with Crippen LogP contribution in [0.1, 0.15) is 0 Å². The maximum absolute atomic E-state index is 5.25. The summed E-state index contributed by atoms with van der Waals surface area (Å²) in [6.45, 7) is 0. The Morgan fingerprint density at radius 3 is 2.50 bits per heavy atom. The first-order chi connectivity index (χ1) is 10.7. The zero-order chi connectivity index (χ0) is 15.3. The molecule has 0 saturated heterocycles. The number of para-hydroxylation sites is 1. The average Bonchev–Trinajstić information content (AvgIpc) is 3.05. The van der Waals surface area contributed by atoms with Gasteiger partial charge in [0, 0.05) is 23.3 Å². The molecule has 0 radical (unpaired) electrons. The standard InChI is InChI=1S/C18H15NOS2/c1-19-14-6-4-3-5-13(14)15-16(19)17(22-18(15)21)11-7-9-12(20-2)10-8-11/h3-10,21H,1-2H3. The molecular formula is C18H15NOS2. The summed E-state index contributed by atoms with van der Waals surface area (Å²) in [4.78, 5) is 1.25. The quantitative estimate of drug-likeness (QED) is 0.490. The monoisotopic (exact) mass is 325 g/mol. The van der Waals surface area contributed by atoms with Gasteiger partial charge in [-0.3, -0.25) is 0 Å². The largest absolute Gasteiger partial charge is 0.497 e. The minimum atomic E-state index is 0.875. The van der Waals surface area contributed by atoms with Gasteiger partial charge in [0.05, 0.1) is 21.7 Å². The Morgan fingerprint density at radius 2 is 1.77 bits per heavy atom. The first kappa shape index (κ1) is 13.7. The molecule has 0 saturated carbocycles. The topological polar surface area (TPSA) is 14.2 Å². The second-order valence-corrected chi connectivity index (χ2v) is 7.04. The molecule has 110 valence electrons. The predicted octanol–water partition coefficient (Wildman–Crippen LogP) is 5.36. The third-order valence-corrected chi connectivity index (χ3v) is 5.61. The number of methoxy groups -OCH3 is 1. The van der Waals surface area contributed by atoms with Crippen molar-refractivity contribution < 1.29 is 4.74 Å². The zero-order valence-corrected chi connectivity index (χ0v) is 14.0. The molecule has 2 heterocycles. The number of benzene rings is 2. The van der Waals surface area contributed by atoms with Crippen LogP contribution in [-0.2, 0) is 7.05 Å². The lowest BCUT2D eigenvalue weighted by Crippen LogP contribution is -1.87. The summed E-state index contributed by atoms with van der Waals surface area (Å²) in [6.07, 6.45) is 0. The zero-order valence-electron chi connectivity index (χ0n) is 12.3. The summed E-state index contributed by atoms with van der Waals surface area (Å²) in [6, 6.07) is 16.7. The molecule has 0 aliphatic rings. The Hall–Kier alpha value is -1.91. The van der Waals surface area contributed by atoms with Crippen molar-refractivity contribution in [3.05, 3.63) is 48.5 Å². The highest BCUT2D eigenvalue weighted by Gasteiger charge is 2.18. The Balaban J connectivity index is 2.06. The fraction of sp³-hybridized carbons (Fsp3) is 0.111. The van der Waals surface area contributed by atoms with E-state index < -0.39 is 0 Å². The molecule has 0 bridgehead atoms. The highest BCUT2D eigenvalue weighted by atomic mass is 32.2. The summed E-state index contributed by atoms with van der Waals surface area (Å²) < 4.78 is 8.58. The van der Waals surface area contributed by atoms with Crippen molar-refractivity contribution in [2.45, 2.75) is 4.21 Å². The SMILES string of the molecule is COc1ccc(-c2sc(S)c3c4ccccc4n(C)c23)cc1. The molecule has 0 amide bonds. The fourth-order valence-corrected chi connectivity index (χ4v) is 4.60. The normalized spacial score (nSPS) is 11.4. The van der Waals surface area contributed by atoms with E-state index in [1.807, 2.05) is 12.1 Å². The van der Waals surface area contributed by atoms with Gasteiger partial charge in [0.25, 0.3) is 0 Å². The minimum absolute atomic E-state index is 0.875. The Morgan fingerprint density at radius 1 is 1.05 bits per heavy atom. The number of rotatable bonds is 2. The molecule has 2 aromatic heterocycles. The van der Waals surface area contributed by atoms with E-state index in [2.05, 4.69) is 48.0 Å². The van der Waals surface area contributed by atoms with E-state index >= 15 is 0 Å². The van der Waals surface area contributed by atoms with Crippen LogP contribution in [0.15, 0.2) is 52.7 Å². The molecule has 4 heteroatoms. The van der Waals surface area contributed by atoms with Gasteiger partial charge in [0.15, 0.2) is 0 Å². The van der Waals surface area contributed by atoms with Crippen LogP contribution in [0, 0.1) is 0 Å². The second kappa shape index (κ2) is 5.07. The van der Waals surface area contributed by atoms with Crippen molar-refractivity contribution in [1.29, 1.82) is 0 Å². The maximum atomic E-state index is 5.25. The van der Waals surface area contributed by atoms with Gasteiger partial charge in [-0.2, -0.15) is 0 Å². The van der Waals surface area contributed by atoms with Gasteiger partial charge in [0.2, 0.25) is 0 Å². The molecule has 0 fully saturated rings. The van der Waals surface area contributed by atoms with Crippen molar-refractivity contribution >= 4 is 45.8 Å². The summed E-state index contributed by atoms with van der Waals surface area (Å²) in [5.41, 5.74) is 3.69. The lowest BCUT2D eigenvalue weighted by Gasteiger charge is -2.04. The van der Waals surface area contributed by atoms with Gasteiger partial charge < -0.3 is 9.30 Å². The second-order valence-electron chi connectivity index (χ2n) is 5.26. The fourth-order valence-electron chi connectivity index (χ4n) is 3.01. The Bertz CT molecular complexity index is 980. The number of thiophene rings is 1. The Labute approximate surface area is 138 Å². The van der Waals surface area contributed by atoms with Crippen LogP contribution in [0.5, 0.6) is 5.75 Å². The van der Waals surface area contributed by atoms with Crippen molar-refractivity contribution in [2.75, 3.05) is 7.11 Å². The highest BCUT2D eigenvalue weighted by molar-refractivity contribution is 7.83. The molecule has 0 spiro atoms. The van der Waals surface area contributed by atoms with Crippen molar-refractivity contribution in [3.63, 3.8) is 0 Å². The summed E-state index contributed by atoms with van der Waals surface area (Å²) >= 11 is 6.46. The van der Waals surface area contributed by atoms with Gasteiger partial charge in [-0.15, -0.1) is 24.0 Å². The molecular weight excluding hydrogens is 310 g/mol. The van der Waals surface area contributed by atoms with Gasteiger partial charge in [-0.05, 0) is 35.9 Å². The van der Waals surface area contributed by atoms with Gasteiger partial charge in [-0.25, -0.2) is 0 Å². The van der Waals surface area contributed by atoms with Crippen LogP contribution < -0.4 is 4.74 Å². The molecule has 22 heavy (non-hydrogen) atoms. The number of fused-ring (bicyclic) bond motifs is 3. The summed E-state index contributed by atoms with van der Waals surface area (Å²) in [5, 5.41) is 2.51. The number of thiol groups is 1. The third-order valence-electron chi connectivity index (χ3n) is 4.09. The van der Waals surface area contributed by atoms with E-state index in [4.69, 9.17) is 17.4 Å². The predicted molar refractivity (Wildman–Crippen MR) is 97.5 cm³/mol. The van der Waals surface area contributed by atoms with Gasteiger partial charge in [0.1, 0.15) is 5.75 Å². The van der Waals surface area contributed by atoms with E-state index in [0.29, 0.717) is 0 Å². The van der Waals surface area contributed by atoms with Crippen LogP contribution in [0.25, 0.3) is 32.2 Å². The number of ether oxygens (including phenoxy) is 1. The molecule has 4 aromatic rings. The smallest absolute Gasteiger partial charge is 0.118 e. The van der Waals surface area contributed by atoms with Crippen LogP contribution >= 0.6 is 24.0 Å². The minimum Gasteiger partial charge on any atom is -0.497 e. The number of nitrogens with zero attached hydrogens (tertiary/aromatic N) is 1. The van der Waals surface area contributed by atoms with E-state index in [9.17, 15) is 0 Å². The molecule has 2 aromatic carbocycles. The van der Waals surface area contributed by atoms with Crippen molar-refractivity contribution in [2.24, 2.45) is 7.05 Å². The molecule has 0 aliphatic carbocycles. The molecule has 0 aliphatic heterocycles. The summed E-state index contributed by atoms with van der Waals surface area (Å²) in [5.74, 6) is 0.875. The number of hydrogen-bond acceptors (Lipinski definition) is 3. The number of aryl methyl sites for hydroxylation is 1. The third kappa shape index (κ3) is 1.87. The first-order valence-electron chi connectivity index (χ1n) is 7.04. The van der Waals surface area contributed by atoms with Crippen molar-refractivity contribution in [1.82, 2.24) is 4.57 Å². The van der Waals surface area contributed by atoms with E-state index in [0.717, 1.165) is 9.96 Å². The van der Waals surface area contributed by atoms with Crippen LogP contribution in [-0.4, -0.2) is 11.7 Å². The maximum Gasteiger partial charge on any atom is 0.118 e. The Kier molecular flexibility index (Phi) is 3.17. The van der Waals surface area contributed by atoms with E-state index in [1.54, 1.807) is 18.4 Å². The molecule has 0 unspecified atom stereocenters. The average molecular weight is 325 g/mol. The number of hydrogen-bond donors (Lipinski definition) is 1. The van der Waals surface area contributed by atoms with Crippen LogP contribution in [0.4, 0.5) is 0 Å². The van der Waals surface area contributed by atoms with Crippen molar-refractivity contribution in [3.8, 4) is 16.2 Å². The van der Waals surface area contributed by atoms with Gasteiger partial charge >= 0.3 is 0 Å². The molecule has 4 rings (SSSR count). The number of aromatic nitrogens is 1. The first-order valence-corrected chi connectivity index (χ1v) is 8.30. The summed E-state index contributed by atoms with van der Waals surface area (Å²) in [7, 11) is 3.81. The lowest BCUT2D eigenvalue weighted by molar-refractivity contribution is 0.415.